The van der Waals surface area contributed by atoms with Crippen molar-refractivity contribution >= 4 is 17.1 Å². The molecule has 0 atom stereocenters. The lowest BCUT2D eigenvalue weighted by molar-refractivity contribution is 0.491. The summed E-state index contributed by atoms with van der Waals surface area (Å²) in [5.74, 6) is 0.102. The molecule has 0 amide bonds. The number of halogens is 2. The highest BCUT2D eigenvalue weighted by molar-refractivity contribution is 5.74. The zero-order chi connectivity index (χ0) is 23.1. The summed E-state index contributed by atoms with van der Waals surface area (Å²) >= 11 is 0. The third-order valence-electron chi connectivity index (χ3n) is 6.37. The monoisotopic (exact) mass is 451 g/mol. The second-order valence-corrected chi connectivity index (χ2v) is 8.40. The summed E-state index contributed by atoms with van der Waals surface area (Å²) in [4.78, 5) is 33.9. The van der Waals surface area contributed by atoms with Crippen molar-refractivity contribution in [1.29, 1.82) is 0 Å². The van der Waals surface area contributed by atoms with Gasteiger partial charge >= 0.3 is 5.69 Å². The van der Waals surface area contributed by atoms with Crippen LogP contribution in [0.1, 0.15) is 29.9 Å². The molecule has 9 heteroatoms. The highest BCUT2D eigenvalue weighted by atomic mass is 19.1. The first-order chi connectivity index (χ1) is 15.9. The van der Waals surface area contributed by atoms with Crippen molar-refractivity contribution in [3.8, 4) is 0 Å². The van der Waals surface area contributed by atoms with E-state index in [2.05, 4.69) is 9.97 Å². The Kier molecular flexibility index (Phi) is 5.32. The number of rotatable bonds is 4. The van der Waals surface area contributed by atoms with Crippen LogP contribution >= 0.6 is 0 Å². The average Bonchev–Trinajstić information content (AvgIpc) is 3.19. The number of anilines is 1. The van der Waals surface area contributed by atoms with E-state index in [-0.39, 0.29) is 35.3 Å². The molecule has 170 valence electrons. The Hall–Kier alpha value is -3.75. The molecule has 0 radical (unpaired) electrons. The number of aromatic nitrogens is 4. The standard InChI is InChI=1S/C24H23F2N5O2/c1-29-21-20(22(32)28-24(29)33)31(14-17-5-2-3-8-19(17)26)23(27-21)30-11-9-15(10-12-30)16-6-4-7-18(25)13-16/h2-8,13,15H,9-12,14H2,1H3,(H,28,32,33). The molecule has 0 unspecified atom stereocenters. The number of hydrogen-bond donors (Lipinski definition) is 1. The topological polar surface area (TPSA) is 75.9 Å². The molecule has 7 nitrogen and oxygen atoms in total. The fraction of sp³-hybridized carbons (Fsp3) is 0.292. The van der Waals surface area contributed by atoms with Crippen LogP contribution in [0, 0.1) is 11.6 Å². The van der Waals surface area contributed by atoms with E-state index in [0.717, 1.165) is 18.4 Å². The van der Waals surface area contributed by atoms with Gasteiger partial charge in [0.1, 0.15) is 11.6 Å². The third kappa shape index (κ3) is 3.83. The molecule has 1 aliphatic heterocycles. The quantitative estimate of drug-likeness (QED) is 0.517. The lowest BCUT2D eigenvalue weighted by Crippen LogP contribution is -2.35. The Labute approximate surface area is 187 Å². The predicted molar refractivity (Wildman–Crippen MR) is 122 cm³/mol. The molecule has 0 aliphatic carbocycles. The molecule has 1 fully saturated rings. The highest BCUT2D eigenvalue weighted by Gasteiger charge is 2.27. The fourth-order valence-corrected chi connectivity index (χ4v) is 4.58. The van der Waals surface area contributed by atoms with Crippen LogP contribution in [0.15, 0.2) is 58.1 Å². The summed E-state index contributed by atoms with van der Waals surface area (Å²) in [5, 5.41) is 0. The molecule has 0 saturated carbocycles. The van der Waals surface area contributed by atoms with E-state index < -0.39 is 11.2 Å². The van der Waals surface area contributed by atoms with Crippen LogP contribution in [0.25, 0.3) is 11.2 Å². The molecule has 5 rings (SSSR count). The Morgan fingerprint density at radius 1 is 1.06 bits per heavy atom. The van der Waals surface area contributed by atoms with E-state index >= 15 is 0 Å². The van der Waals surface area contributed by atoms with Crippen LogP contribution < -0.4 is 16.1 Å². The summed E-state index contributed by atoms with van der Waals surface area (Å²) in [5.41, 5.74) is 0.747. The SMILES string of the molecule is Cn1c(=O)[nH]c(=O)c2c1nc(N1CCC(c3cccc(F)c3)CC1)n2Cc1ccccc1F. The zero-order valence-electron chi connectivity index (χ0n) is 18.1. The maximum absolute atomic E-state index is 14.5. The van der Waals surface area contributed by atoms with Crippen LogP contribution in [0.4, 0.5) is 14.7 Å². The van der Waals surface area contributed by atoms with Gasteiger partial charge in [0.25, 0.3) is 5.56 Å². The van der Waals surface area contributed by atoms with E-state index in [0.29, 0.717) is 24.6 Å². The van der Waals surface area contributed by atoms with Gasteiger partial charge in [-0.3, -0.25) is 18.9 Å². The lowest BCUT2D eigenvalue weighted by atomic mass is 9.89. The largest absolute Gasteiger partial charge is 0.342 e. The van der Waals surface area contributed by atoms with E-state index in [1.165, 1.54) is 16.7 Å². The molecule has 4 aromatic rings. The van der Waals surface area contributed by atoms with Gasteiger partial charge in [0.15, 0.2) is 11.2 Å². The minimum atomic E-state index is -0.558. The first-order valence-corrected chi connectivity index (χ1v) is 10.9. The molecule has 3 heterocycles. The molecule has 1 aliphatic rings. The van der Waals surface area contributed by atoms with Gasteiger partial charge in [0.05, 0.1) is 6.54 Å². The number of benzene rings is 2. The van der Waals surface area contributed by atoms with Crippen molar-refractivity contribution in [2.24, 2.45) is 7.05 Å². The predicted octanol–water partition coefficient (Wildman–Crippen LogP) is 3.13. The molecule has 0 bridgehead atoms. The molecular weight excluding hydrogens is 428 g/mol. The van der Waals surface area contributed by atoms with Crippen LogP contribution in [0.2, 0.25) is 0 Å². The van der Waals surface area contributed by atoms with Crippen LogP contribution in [0.5, 0.6) is 0 Å². The summed E-state index contributed by atoms with van der Waals surface area (Å²) in [7, 11) is 1.54. The van der Waals surface area contributed by atoms with Crippen molar-refractivity contribution in [2.75, 3.05) is 18.0 Å². The Bertz CT molecular complexity index is 1450. The first-order valence-electron chi connectivity index (χ1n) is 10.9. The van der Waals surface area contributed by atoms with E-state index in [1.54, 1.807) is 41.9 Å². The Morgan fingerprint density at radius 3 is 2.55 bits per heavy atom. The number of aryl methyl sites for hydroxylation is 1. The summed E-state index contributed by atoms with van der Waals surface area (Å²) < 4.78 is 31.1. The van der Waals surface area contributed by atoms with Crippen molar-refractivity contribution in [1.82, 2.24) is 19.1 Å². The normalized spacial score (nSPS) is 14.8. The third-order valence-corrected chi connectivity index (χ3v) is 6.37. The molecular formula is C24H23F2N5O2. The number of imidazole rings is 1. The van der Waals surface area contributed by atoms with Crippen LogP contribution in [-0.4, -0.2) is 32.2 Å². The van der Waals surface area contributed by atoms with E-state index in [4.69, 9.17) is 0 Å². The molecule has 33 heavy (non-hydrogen) atoms. The summed E-state index contributed by atoms with van der Waals surface area (Å²) in [6.45, 7) is 1.37. The molecule has 2 aromatic heterocycles. The van der Waals surface area contributed by atoms with Crippen molar-refractivity contribution in [3.05, 3.63) is 92.1 Å². The number of nitrogens with zero attached hydrogens (tertiary/aromatic N) is 4. The van der Waals surface area contributed by atoms with Crippen molar-refractivity contribution < 1.29 is 8.78 Å². The number of hydrogen-bond acceptors (Lipinski definition) is 4. The van der Waals surface area contributed by atoms with Gasteiger partial charge in [0.2, 0.25) is 5.95 Å². The molecule has 2 aromatic carbocycles. The number of aromatic amines is 1. The number of fused-ring (bicyclic) bond motifs is 1. The van der Waals surface area contributed by atoms with Crippen LogP contribution in [0.3, 0.4) is 0 Å². The molecule has 1 saturated heterocycles. The summed E-state index contributed by atoms with van der Waals surface area (Å²) in [6, 6.07) is 13.1. The van der Waals surface area contributed by atoms with Gasteiger partial charge < -0.3 is 4.90 Å². The average molecular weight is 451 g/mol. The Balaban J connectivity index is 1.54. The summed E-state index contributed by atoms with van der Waals surface area (Å²) in [6.07, 6.45) is 1.56. The van der Waals surface area contributed by atoms with Gasteiger partial charge in [-0.25, -0.2) is 13.6 Å². The smallest absolute Gasteiger partial charge is 0.329 e. The van der Waals surface area contributed by atoms with E-state index in [9.17, 15) is 18.4 Å². The van der Waals surface area contributed by atoms with Gasteiger partial charge in [-0.1, -0.05) is 30.3 Å². The van der Waals surface area contributed by atoms with Gasteiger partial charge in [-0.15, -0.1) is 0 Å². The second-order valence-electron chi connectivity index (χ2n) is 8.40. The second kappa shape index (κ2) is 8.31. The van der Waals surface area contributed by atoms with Gasteiger partial charge in [-0.2, -0.15) is 4.98 Å². The van der Waals surface area contributed by atoms with Crippen molar-refractivity contribution in [3.63, 3.8) is 0 Å². The maximum Gasteiger partial charge on any atom is 0.329 e. The fourth-order valence-electron chi connectivity index (χ4n) is 4.58. The molecule has 1 N–H and O–H groups in total. The van der Waals surface area contributed by atoms with E-state index in [1.807, 2.05) is 11.0 Å². The highest BCUT2D eigenvalue weighted by Crippen LogP contribution is 2.31. The first kappa shape index (κ1) is 21.1. The number of H-pyrrole nitrogens is 1. The van der Waals surface area contributed by atoms with Crippen LogP contribution in [-0.2, 0) is 13.6 Å². The zero-order valence-corrected chi connectivity index (χ0v) is 18.1. The molecule has 0 spiro atoms. The number of piperidine rings is 1. The van der Waals surface area contributed by atoms with Crippen molar-refractivity contribution in [2.45, 2.75) is 25.3 Å². The number of nitrogens with one attached hydrogen (secondary N) is 1. The Morgan fingerprint density at radius 2 is 1.82 bits per heavy atom. The lowest BCUT2D eigenvalue weighted by Gasteiger charge is -2.33. The minimum Gasteiger partial charge on any atom is -0.342 e. The van der Waals surface area contributed by atoms with Gasteiger partial charge in [0, 0.05) is 25.7 Å². The minimum absolute atomic E-state index is 0.101. The van der Waals surface area contributed by atoms with Gasteiger partial charge in [-0.05, 0) is 42.5 Å². The maximum atomic E-state index is 14.5.